The lowest BCUT2D eigenvalue weighted by atomic mass is 9.95. The van der Waals surface area contributed by atoms with Gasteiger partial charge in [0.05, 0.1) is 27.9 Å². The van der Waals surface area contributed by atoms with Crippen LogP contribution >= 0.6 is 11.3 Å². The zero-order valence-electron chi connectivity index (χ0n) is 17.7. The van der Waals surface area contributed by atoms with Crippen LogP contribution < -0.4 is 5.32 Å². The summed E-state index contributed by atoms with van der Waals surface area (Å²) in [6.07, 6.45) is 9.10. The average molecular weight is 480 g/mol. The van der Waals surface area contributed by atoms with Gasteiger partial charge < -0.3 is 15.2 Å². The Labute approximate surface area is 194 Å². The Balaban J connectivity index is 1.35. The van der Waals surface area contributed by atoms with Crippen LogP contribution in [0.5, 0.6) is 0 Å². The lowest BCUT2D eigenvalue weighted by Crippen LogP contribution is -2.37. The predicted molar refractivity (Wildman–Crippen MR) is 130 cm³/mol. The van der Waals surface area contributed by atoms with Crippen LogP contribution in [-0.2, 0) is 27.7 Å². The highest BCUT2D eigenvalue weighted by Crippen LogP contribution is 2.44. The first-order valence-corrected chi connectivity index (χ1v) is 13.3. The van der Waals surface area contributed by atoms with E-state index in [1.807, 2.05) is 24.3 Å². The van der Waals surface area contributed by atoms with Crippen molar-refractivity contribution in [3.63, 3.8) is 0 Å². The van der Waals surface area contributed by atoms with Crippen molar-refractivity contribution in [3.05, 3.63) is 58.6 Å². The van der Waals surface area contributed by atoms with Crippen molar-refractivity contribution >= 4 is 49.1 Å². The summed E-state index contributed by atoms with van der Waals surface area (Å²) in [7, 11) is -3.43. The molecule has 0 fully saturated rings. The summed E-state index contributed by atoms with van der Waals surface area (Å²) in [5.74, 6) is 0.806. The van der Waals surface area contributed by atoms with Gasteiger partial charge in [0, 0.05) is 17.6 Å². The van der Waals surface area contributed by atoms with Gasteiger partial charge in [-0.15, -0.1) is 15.7 Å². The molecule has 0 saturated heterocycles. The number of amides is 1. The molecule has 1 aromatic carbocycles. The molecule has 0 atom stereocenters. The van der Waals surface area contributed by atoms with E-state index in [9.17, 15) is 13.2 Å². The third-order valence-electron chi connectivity index (χ3n) is 6.11. The third kappa shape index (κ3) is 3.68. The Kier molecular flexibility index (Phi) is 4.73. The van der Waals surface area contributed by atoms with Crippen molar-refractivity contribution in [2.45, 2.75) is 25.7 Å². The molecular formula is C23H21N5O3S2. The monoisotopic (exact) mass is 479 g/mol. The van der Waals surface area contributed by atoms with Crippen molar-refractivity contribution < 1.29 is 13.2 Å². The Hall–Kier alpha value is -3.24. The predicted octanol–water partition coefficient (Wildman–Crippen LogP) is 3.61. The summed E-state index contributed by atoms with van der Waals surface area (Å²) < 4.78 is 27.3. The van der Waals surface area contributed by atoms with E-state index in [1.54, 1.807) is 34.6 Å². The van der Waals surface area contributed by atoms with Crippen LogP contribution in [0.15, 0.2) is 52.6 Å². The molecule has 0 bridgehead atoms. The molecule has 0 saturated carbocycles. The van der Waals surface area contributed by atoms with Gasteiger partial charge in [-0.3, -0.25) is 4.79 Å². The van der Waals surface area contributed by atoms with Crippen molar-refractivity contribution in [2.75, 3.05) is 17.6 Å². The highest BCUT2D eigenvalue weighted by molar-refractivity contribution is 7.90. The number of carbonyl (C=O) groups is 1. The van der Waals surface area contributed by atoms with E-state index >= 15 is 0 Å². The smallest absolute Gasteiger partial charge is 0.257 e. The number of para-hydroxylation sites is 2. The minimum Gasteiger partial charge on any atom is -0.338 e. The van der Waals surface area contributed by atoms with E-state index < -0.39 is 10.0 Å². The molecule has 1 aliphatic carbocycles. The van der Waals surface area contributed by atoms with Crippen LogP contribution in [0, 0.1) is 0 Å². The molecule has 10 heteroatoms. The van der Waals surface area contributed by atoms with Crippen LogP contribution in [-0.4, -0.2) is 47.3 Å². The van der Waals surface area contributed by atoms with Crippen molar-refractivity contribution in [1.82, 2.24) is 14.9 Å². The summed E-state index contributed by atoms with van der Waals surface area (Å²) in [5.41, 5.74) is 4.56. The Morgan fingerprint density at radius 2 is 2.00 bits per heavy atom. The number of benzene rings is 1. The number of aryl methyl sites for hydroxylation is 1. The minimum absolute atomic E-state index is 0.0659. The van der Waals surface area contributed by atoms with Crippen LogP contribution in [0.1, 0.15) is 23.3 Å². The quantitative estimate of drug-likeness (QED) is 0.597. The summed E-state index contributed by atoms with van der Waals surface area (Å²) in [6.45, 7) is 0.278. The first-order valence-electron chi connectivity index (χ1n) is 10.9. The number of imidazole rings is 1. The van der Waals surface area contributed by atoms with E-state index in [0.717, 1.165) is 53.1 Å². The van der Waals surface area contributed by atoms with Gasteiger partial charge in [-0.05, 0) is 55.5 Å². The Morgan fingerprint density at radius 3 is 2.88 bits per heavy atom. The van der Waals surface area contributed by atoms with E-state index in [2.05, 4.69) is 14.7 Å². The van der Waals surface area contributed by atoms with Gasteiger partial charge in [-0.2, -0.15) is 0 Å². The summed E-state index contributed by atoms with van der Waals surface area (Å²) in [4.78, 5) is 24.4. The number of hydrogen-bond acceptors (Lipinski definition) is 6. The number of rotatable bonds is 3. The van der Waals surface area contributed by atoms with E-state index in [0.29, 0.717) is 11.4 Å². The highest BCUT2D eigenvalue weighted by atomic mass is 32.2. The topological polar surface area (TPSA) is 108 Å². The molecule has 2 N–H and O–H groups in total. The lowest BCUT2D eigenvalue weighted by molar-refractivity contribution is -0.112. The number of nitrogens with zero attached hydrogens (tertiary/aromatic N) is 3. The number of nitrogens with one attached hydrogen (secondary N) is 2. The second-order valence-corrected chi connectivity index (χ2v) is 11.2. The molecule has 168 valence electrons. The summed E-state index contributed by atoms with van der Waals surface area (Å²) in [6, 6.07) is 7.91. The maximum absolute atomic E-state index is 13.2. The number of fused-ring (bicyclic) bond motifs is 3. The lowest BCUT2D eigenvalue weighted by Gasteiger charge is -2.26. The Morgan fingerprint density at radius 1 is 1.15 bits per heavy atom. The fourth-order valence-corrected chi connectivity index (χ4v) is 6.74. The molecule has 1 amide bonds. The van der Waals surface area contributed by atoms with Crippen molar-refractivity contribution in [2.24, 2.45) is 4.40 Å². The number of anilines is 1. The molecule has 0 spiro atoms. The average Bonchev–Trinajstić information content (AvgIpc) is 3.38. The number of aromatic amines is 1. The first kappa shape index (κ1) is 20.4. The Bertz CT molecular complexity index is 1460. The molecule has 3 aliphatic rings. The molecular weight excluding hydrogens is 458 g/mol. The number of thiophene rings is 1. The van der Waals surface area contributed by atoms with Crippen molar-refractivity contribution in [1.29, 1.82) is 0 Å². The summed E-state index contributed by atoms with van der Waals surface area (Å²) >= 11 is 1.62. The van der Waals surface area contributed by atoms with Crippen LogP contribution in [0.3, 0.4) is 0 Å². The molecule has 4 heterocycles. The standard InChI is InChI=1S/C23H21N5O3S2/c29-22(14-9-10-19-27-33(30,31)12-11-28(19)13-14)26-23-20(15-5-1-4-8-18(15)32-23)21-24-16-6-2-3-7-17(16)25-21/h2-3,6-7,9-10,13H,1,4-5,8,11-12H2,(H,24,25)(H,26,29). The molecule has 2 aliphatic heterocycles. The van der Waals surface area contributed by atoms with Gasteiger partial charge in [0.2, 0.25) is 0 Å². The minimum atomic E-state index is -3.43. The highest BCUT2D eigenvalue weighted by Gasteiger charge is 2.28. The number of sulfonamides is 1. The maximum atomic E-state index is 13.2. The fourth-order valence-electron chi connectivity index (χ4n) is 4.49. The number of hydrogen-bond donors (Lipinski definition) is 2. The van der Waals surface area contributed by atoms with E-state index in [4.69, 9.17) is 4.98 Å². The maximum Gasteiger partial charge on any atom is 0.257 e. The van der Waals surface area contributed by atoms with Gasteiger partial charge in [0.25, 0.3) is 15.9 Å². The van der Waals surface area contributed by atoms with Gasteiger partial charge in [-0.1, -0.05) is 12.1 Å². The molecule has 6 rings (SSSR count). The fraction of sp³-hybridized carbons (Fsp3) is 0.261. The van der Waals surface area contributed by atoms with Crippen LogP contribution in [0.25, 0.3) is 22.4 Å². The molecule has 33 heavy (non-hydrogen) atoms. The second kappa shape index (κ2) is 7.67. The van der Waals surface area contributed by atoms with Crippen molar-refractivity contribution in [3.8, 4) is 11.4 Å². The molecule has 3 aromatic rings. The van der Waals surface area contributed by atoms with Gasteiger partial charge in [-0.25, -0.2) is 13.4 Å². The van der Waals surface area contributed by atoms with Gasteiger partial charge in [0.1, 0.15) is 16.7 Å². The number of aromatic nitrogens is 2. The normalized spacial score (nSPS) is 19.0. The number of carbonyl (C=O) groups excluding carboxylic acids is 1. The van der Waals surface area contributed by atoms with E-state index in [-0.39, 0.29) is 18.2 Å². The molecule has 0 unspecified atom stereocenters. The SMILES string of the molecule is O=C(Nc1sc2c(c1-c1nc3ccccc3[nH]1)CCCC2)C1=CN2CCS(=O)(=O)N=C2C=C1. The molecule has 8 nitrogen and oxygen atoms in total. The second-order valence-electron chi connectivity index (χ2n) is 8.32. The summed E-state index contributed by atoms with van der Waals surface area (Å²) in [5, 5.41) is 3.90. The third-order valence-corrected chi connectivity index (χ3v) is 8.48. The molecule has 0 radical (unpaired) electrons. The van der Waals surface area contributed by atoms with Gasteiger partial charge >= 0.3 is 0 Å². The van der Waals surface area contributed by atoms with Gasteiger partial charge in [0.15, 0.2) is 0 Å². The molecule has 2 aromatic heterocycles. The number of H-pyrrole nitrogens is 1. The van der Waals surface area contributed by atoms with Crippen LogP contribution in [0.2, 0.25) is 0 Å². The van der Waals surface area contributed by atoms with Crippen LogP contribution in [0.4, 0.5) is 5.00 Å². The number of amidine groups is 1. The first-order chi connectivity index (χ1) is 16.0. The largest absolute Gasteiger partial charge is 0.338 e. The zero-order valence-corrected chi connectivity index (χ0v) is 19.3. The van der Waals surface area contributed by atoms with E-state index in [1.165, 1.54) is 10.4 Å². The zero-order chi connectivity index (χ0) is 22.6.